The molecule has 0 aliphatic heterocycles. The summed E-state index contributed by atoms with van der Waals surface area (Å²) in [7, 11) is 0. The lowest BCUT2D eigenvalue weighted by Crippen LogP contribution is -2.21. The van der Waals surface area contributed by atoms with Crippen LogP contribution in [-0.2, 0) is 14.3 Å². The molecular formula is C20H16BrNO3S. The Bertz CT molecular complexity index is 928. The lowest BCUT2D eigenvalue weighted by molar-refractivity contribution is -0.144. The number of nitrogens with one attached hydrogen (secondary N) is 1. The van der Waals surface area contributed by atoms with Gasteiger partial charge in [-0.1, -0.05) is 46.3 Å². The first kappa shape index (κ1) is 18.5. The highest BCUT2D eigenvalue weighted by Gasteiger charge is 2.09. The molecule has 0 spiro atoms. The van der Waals surface area contributed by atoms with Crippen molar-refractivity contribution in [3.8, 4) is 0 Å². The van der Waals surface area contributed by atoms with E-state index < -0.39 is 5.97 Å². The minimum absolute atomic E-state index is 0.157. The Kier molecular flexibility index (Phi) is 6.30. The summed E-state index contributed by atoms with van der Waals surface area (Å²) in [6.07, 6.45) is 0. The number of carbonyl (C=O) groups excluding carboxylic acids is 2. The van der Waals surface area contributed by atoms with E-state index >= 15 is 0 Å². The highest BCUT2D eigenvalue weighted by Crippen LogP contribution is 2.23. The lowest BCUT2D eigenvalue weighted by atomic mass is 10.1. The van der Waals surface area contributed by atoms with Crippen molar-refractivity contribution >= 4 is 56.0 Å². The number of fused-ring (bicyclic) bond motifs is 1. The van der Waals surface area contributed by atoms with Crippen molar-refractivity contribution in [1.29, 1.82) is 0 Å². The number of esters is 1. The van der Waals surface area contributed by atoms with Crippen molar-refractivity contribution < 1.29 is 14.3 Å². The van der Waals surface area contributed by atoms with Crippen molar-refractivity contribution in [2.45, 2.75) is 4.90 Å². The molecular weight excluding hydrogens is 414 g/mol. The molecule has 26 heavy (non-hydrogen) atoms. The summed E-state index contributed by atoms with van der Waals surface area (Å²) in [6, 6.07) is 21.2. The van der Waals surface area contributed by atoms with Gasteiger partial charge >= 0.3 is 5.97 Å². The molecule has 0 saturated carbocycles. The number of rotatable bonds is 6. The van der Waals surface area contributed by atoms with Crippen molar-refractivity contribution in [3.63, 3.8) is 0 Å². The molecule has 1 N–H and O–H groups in total. The fourth-order valence-corrected chi connectivity index (χ4v) is 3.32. The number of halogens is 1. The van der Waals surface area contributed by atoms with E-state index in [9.17, 15) is 9.59 Å². The second-order valence-electron chi connectivity index (χ2n) is 5.51. The van der Waals surface area contributed by atoms with Crippen LogP contribution in [0, 0.1) is 0 Å². The van der Waals surface area contributed by atoms with E-state index in [-0.39, 0.29) is 18.3 Å². The smallest absolute Gasteiger partial charge is 0.316 e. The number of hydrogen-bond acceptors (Lipinski definition) is 4. The van der Waals surface area contributed by atoms with E-state index in [0.717, 1.165) is 20.1 Å². The number of benzene rings is 3. The predicted octanol–water partition coefficient (Wildman–Crippen LogP) is 4.88. The van der Waals surface area contributed by atoms with Gasteiger partial charge in [-0.2, -0.15) is 0 Å². The molecule has 0 heterocycles. The van der Waals surface area contributed by atoms with E-state index in [4.69, 9.17) is 4.74 Å². The van der Waals surface area contributed by atoms with Crippen molar-refractivity contribution in [2.75, 3.05) is 17.7 Å². The topological polar surface area (TPSA) is 55.4 Å². The number of hydrogen-bond donors (Lipinski definition) is 1. The molecule has 3 aromatic carbocycles. The molecule has 0 aromatic heterocycles. The van der Waals surface area contributed by atoms with Crippen LogP contribution in [0.4, 0.5) is 5.69 Å². The monoisotopic (exact) mass is 429 g/mol. The Hall–Kier alpha value is -2.31. The molecule has 3 aromatic rings. The molecule has 0 aliphatic rings. The molecule has 6 heteroatoms. The summed E-state index contributed by atoms with van der Waals surface area (Å²) in [5.41, 5.74) is 0.653. The van der Waals surface area contributed by atoms with Crippen LogP contribution in [0.3, 0.4) is 0 Å². The van der Waals surface area contributed by atoms with Crippen LogP contribution < -0.4 is 5.32 Å². The Balaban J connectivity index is 1.44. The minimum Gasteiger partial charge on any atom is -0.455 e. The van der Waals surface area contributed by atoms with Crippen LogP contribution in [0.2, 0.25) is 0 Å². The average Bonchev–Trinajstić information content (AvgIpc) is 2.66. The van der Waals surface area contributed by atoms with Gasteiger partial charge in [0.2, 0.25) is 0 Å². The van der Waals surface area contributed by atoms with Crippen LogP contribution in [0.5, 0.6) is 0 Å². The van der Waals surface area contributed by atoms with Crippen LogP contribution in [0.15, 0.2) is 76.1 Å². The van der Waals surface area contributed by atoms with E-state index in [2.05, 4.69) is 21.2 Å². The first-order chi connectivity index (χ1) is 12.6. The van der Waals surface area contributed by atoms with Crippen LogP contribution in [-0.4, -0.2) is 24.2 Å². The average molecular weight is 430 g/mol. The zero-order valence-electron chi connectivity index (χ0n) is 13.8. The van der Waals surface area contributed by atoms with Crippen LogP contribution >= 0.6 is 27.7 Å². The van der Waals surface area contributed by atoms with Gasteiger partial charge in [0, 0.05) is 15.1 Å². The van der Waals surface area contributed by atoms with Gasteiger partial charge < -0.3 is 10.1 Å². The molecule has 3 rings (SSSR count). The first-order valence-corrected chi connectivity index (χ1v) is 9.71. The van der Waals surface area contributed by atoms with Crippen molar-refractivity contribution in [1.82, 2.24) is 0 Å². The van der Waals surface area contributed by atoms with Gasteiger partial charge in [-0.3, -0.25) is 9.59 Å². The summed E-state index contributed by atoms with van der Waals surface area (Å²) in [5.74, 6) is -0.630. The Labute approximate surface area is 164 Å². The Morgan fingerprint density at radius 1 is 0.962 bits per heavy atom. The molecule has 132 valence electrons. The highest BCUT2D eigenvalue weighted by atomic mass is 79.9. The molecule has 1 amide bonds. The summed E-state index contributed by atoms with van der Waals surface area (Å²) < 4.78 is 5.95. The Morgan fingerprint density at radius 2 is 1.69 bits per heavy atom. The number of anilines is 1. The molecule has 0 unspecified atom stereocenters. The van der Waals surface area contributed by atoms with Gasteiger partial charge in [-0.15, -0.1) is 11.8 Å². The maximum absolute atomic E-state index is 11.9. The summed E-state index contributed by atoms with van der Waals surface area (Å²) in [5, 5.41) is 4.96. The molecule has 0 fully saturated rings. The highest BCUT2D eigenvalue weighted by molar-refractivity contribution is 9.10. The molecule has 0 atom stereocenters. The third-order valence-corrected chi connectivity index (χ3v) is 5.07. The van der Waals surface area contributed by atoms with Gasteiger partial charge in [-0.25, -0.2) is 0 Å². The molecule has 0 radical (unpaired) electrons. The SMILES string of the molecule is O=C(COC(=O)CSc1ccc2ccccc2c1)Nc1ccc(Br)cc1. The molecule has 0 aliphatic carbocycles. The fourth-order valence-electron chi connectivity index (χ4n) is 2.32. The quantitative estimate of drug-likeness (QED) is 0.448. The minimum atomic E-state index is -0.422. The van der Waals surface area contributed by atoms with E-state index in [1.165, 1.54) is 11.8 Å². The Morgan fingerprint density at radius 3 is 2.46 bits per heavy atom. The van der Waals surface area contributed by atoms with Gasteiger partial charge in [0.25, 0.3) is 5.91 Å². The predicted molar refractivity (Wildman–Crippen MR) is 108 cm³/mol. The third-order valence-electron chi connectivity index (χ3n) is 3.57. The molecule has 0 saturated heterocycles. The third kappa shape index (κ3) is 5.34. The first-order valence-electron chi connectivity index (χ1n) is 7.93. The van der Waals surface area contributed by atoms with E-state index in [1.807, 2.05) is 54.6 Å². The van der Waals surface area contributed by atoms with Crippen molar-refractivity contribution in [3.05, 3.63) is 71.2 Å². The van der Waals surface area contributed by atoms with Crippen molar-refractivity contribution in [2.24, 2.45) is 0 Å². The second kappa shape index (κ2) is 8.87. The standard InChI is InChI=1S/C20H16BrNO3S/c21-16-6-8-17(9-7-16)22-19(23)12-25-20(24)13-26-18-10-5-14-3-1-2-4-15(14)11-18/h1-11H,12-13H2,(H,22,23). The van der Waals surface area contributed by atoms with Crippen LogP contribution in [0.1, 0.15) is 0 Å². The van der Waals surface area contributed by atoms with Gasteiger partial charge in [0.05, 0.1) is 5.75 Å². The maximum atomic E-state index is 11.9. The summed E-state index contributed by atoms with van der Waals surface area (Å²) in [4.78, 5) is 24.7. The lowest BCUT2D eigenvalue weighted by Gasteiger charge is -2.07. The molecule has 4 nitrogen and oxygen atoms in total. The van der Waals surface area contributed by atoms with Gasteiger partial charge in [0.1, 0.15) is 0 Å². The number of carbonyl (C=O) groups is 2. The van der Waals surface area contributed by atoms with Gasteiger partial charge in [-0.05, 0) is 47.2 Å². The van der Waals surface area contributed by atoms with E-state index in [1.54, 1.807) is 12.1 Å². The maximum Gasteiger partial charge on any atom is 0.316 e. The van der Waals surface area contributed by atoms with E-state index in [0.29, 0.717) is 5.69 Å². The summed E-state index contributed by atoms with van der Waals surface area (Å²) in [6.45, 7) is -0.298. The zero-order chi connectivity index (χ0) is 18.4. The molecule has 0 bridgehead atoms. The second-order valence-corrected chi connectivity index (χ2v) is 7.48. The number of amides is 1. The fraction of sp³-hybridized carbons (Fsp3) is 0.100. The number of ether oxygens (including phenoxy) is 1. The van der Waals surface area contributed by atoms with Crippen LogP contribution in [0.25, 0.3) is 10.8 Å². The summed E-state index contributed by atoms with van der Waals surface area (Å²) >= 11 is 4.72. The van der Waals surface area contributed by atoms with Gasteiger partial charge in [0.15, 0.2) is 6.61 Å². The zero-order valence-corrected chi connectivity index (χ0v) is 16.2. The number of thioether (sulfide) groups is 1. The normalized spacial score (nSPS) is 10.5. The largest absolute Gasteiger partial charge is 0.455 e.